The lowest BCUT2D eigenvalue weighted by atomic mass is 9.87. The van der Waals surface area contributed by atoms with E-state index in [-0.39, 0.29) is 17.4 Å². The van der Waals surface area contributed by atoms with Gasteiger partial charge in [0.15, 0.2) is 12.1 Å². The van der Waals surface area contributed by atoms with E-state index in [2.05, 4.69) is 19.2 Å². The third-order valence-electron chi connectivity index (χ3n) is 5.79. The first-order valence-corrected chi connectivity index (χ1v) is 10.5. The molecular weight excluding hydrogens is 366 g/mol. The average Bonchev–Trinajstić information content (AvgIpc) is 2.73. The van der Waals surface area contributed by atoms with Gasteiger partial charge in [0.25, 0.3) is 5.56 Å². The van der Waals surface area contributed by atoms with Gasteiger partial charge in [-0.2, -0.15) is 0 Å². The maximum atomic E-state index is 13.2. The molecule has 0 saturated carbocycles. The summed E-state index contributed by atoms with van der Waals surface area (Å²) >= 11 is 0. The van der Waals surface area contributed by atoms with Gasteiger partial charge in [-0.3, -0.25) is 19.0 Å². The van der Waals surface area contributed by atoms with Crippen molar-refractivity contribution < 1.29 is 9.59 Å². The van der Waals surface area contributed by atoms with E-state index in [4.69, 9.17) is 4.98 Å². The molecule has 3 rings (SSSR count). The van der Waals surface area contributed by atoms with Crippen LogP contribution in [0.5, 0.6) is 0 Å². The Morgan fingerprint density at radius 2 is 1.86 bits per heavy atom. The quantitative estimate of drug-likeness (QED) is 0.712. The minimum atomic E-state index is -0.132. The van der Waals surface area contributed by atoms with Crippen molar-refractivity contribution in [1.82, 2.24) is 9.55 Å². The number of benzene rings is 1. The number of nitrogens with zero attached hydrogens (tertiary/aromatic N) is 2. The first-order valence-electron chi connectivity index (χ1n) is 10.5. The van der Waals surface area contributed by atoms with E-state index >= 15 is 0 Å². The SMILES string of the molecule is CCC(CC)Nc1c(C)nc(-c2cc3c(cc2C=O)C(=O)CCC3)n(CC)c1=O. The fourth-order valence-corrected chi connectivity index (χ4v) is 4.02. The number of fused-ring (bicyclic) bond motifs is 1. The number of Topliss-reactive ketones (excluding diaryl/α,β-unsaturated/α-hetero) is 1. The molecule has 2 aromatic rings. The van der Waals surface area contributed by atoms with Crippen LogP contribution in [0.25, 0.3) is 11.4 Å². The van der Waals surface area contributed by atoms with E-state index < -0.39 is 0 Å². The molecule has 154 valence electrons. The number of aryl methyl sites for hydroxylation is 2. The summed E-state index contributed by atoms with van der Waals surface area (Å²) in [6, 6.07) is 3.74. The Kier molecular flexibility index (Phi) is 6.30. The van der Waals surface area contributed by atoms with Crippen molar-refractivity contribution in [3.63, 3.8) is 0 Å². The molecule has 6 nitrogen and oxygen atoms in total. The van der Waals surface area contributed by atoms with E-state index in [1.54, 1.807) is 10.6 Å². The molecule has 0 bridgehead atoms. The van der Waals surface area contributed by atoms with Gasteiger partial charge in [0.2, 0.25) is 0 Å². The van der Waals surface area contributed by atoms with Gasteiger partial charge in [-0.15, -0.1) is 0 Å². The molecule has 0 spiro atoms. The van der Waals surface area contributed by atoms with E-state index in [1.165, 1.54) is 0 Å². The van der Waals surface area contributed by atoms with Gasteiger partial charge in [0.05, 0.1) is 5.69 Å². The summed E-state index contributed by atoms with van der Waals surface area (Å²) in [5, 5.41) is 3.34. The highest BCUT2D eigenvalue weighted by Crippen LogP contribution is 2.30. The van der Waals surface area contributed by atoms with Crippen molar-refractivity contribution in [2.24, 2.45) is 0 Å². The molecule has 1 N–H and O–H groups in total. The van der Waals surface area contributed by atoms with Crippen LogP contribution in [-0.4, -0.2) is 27.7 Å². The van der Waals surface area contributed by atoms with Crippen LogP contribution < -0.4 is 10.9 Å². The van der Waals surface area contributed by atoms with Crippen molar-refractivity contribution >= 4 is 17.8 Å². The molecule has 0 unspecified atom stereocenters. The number of hydrogen-bond donors (Lipinski definition) is 1. The molecule has 0 fully saturated rings. The highest BCUT2D eigenvalue weighted by molar-refractivity contribution is 6.01. The van der Waals surface area contributed by atoms with Gasteiger partial charge in [-0.05, 0) is 57.2 Å². The Hall–Kier alpha value is -2.76. The molecule has 0 saturated heterocycles. The number of nitrogens with one attached hydrogen (secondary N) is 1. The standard InChI is InChI=1S/C23H29N3O3/c1-5-17(6-2)25-21-14(4)24-22(26(7-3)23(21)29)19-11-15-9-8-10-20(28)18(15)12-16(19)13-27/h11-13,17,25H,5-10H2,1-4H3. The first kappa shape index (κ1) is 21.0. The van der Waals surface area contributed by atoms with E-state index in [9.17, 15) is 14.4 Å². The summed E-state index contributed by atoms with van der Waals surface area (Å²) < 4.78 is 1.61. The molecule has 1 aliphatic carbocycles. The molecule has 0 radical (unpaired) electrons. The summed E-state index contributed by atoms with van der Waals surface area (Å²) in [4.78, 5) is 42.0. The van der Waals surface area contributed by atoms with Crippen molar-refractivity contribution in [1.29, 1.82) is 0 Å². The Morgan fingerprint density at radius 1 is 1.14 bits per heavy atom. The molecule has 0 atom stereocenters. The summed E-state index contributed by atoms with van der Waals surface area (Å²) in [6.07, 6.45) is 4.68. The van der Waals surface area contributed by atoms with Gasteiger partial charge in [0.1, 0.15) is 11.5 Å². The molecule has 0 amide bonds. The number of carbonyl (C=O) groups excluding carboxylic acids is 2. The van der Waals surface area contributed by atoms with E-state index in [0.717, 1.165) is 37.5 Å². The van der Waals surface area contributed by atoms with Crippen LogP contribution in [0.15, 0.2) is 16.9 Å². The van der Waals surface area contributed by atoms with E-state index in [0.29, 0.717) is 46.9 Å². The number of anilines is 1. The van der Waals surface area contributed by atoms with Crippen LogP contribution in [0.1, 0.15) is 78.4 Å². The lowest BCUT2D eigenvalue weighted by Crippen LogP contribution is -2.30. The molecule has 1 aromatic carbocycles. The van der Waals surface area contributed by atoms with Gasteiger partial charge in [-0.1, -0.05) is 13.8 Å². The summed E-state index contributed by atoms with van der Waals surface area (Å²) in [5.74, 6) is 0.552. The number of rotatable bonds is 7. The normalized spacial score (nSPS) is 13.5. The van der Waals surface area contributed by atoms with Crippen LogP contribution in [0, 0.1) is 6.92 Å². The minimum Gasteiger partial charge on any atom is -0.376 e. The van der Waals surface area contributed by atoms with Gasteiger partial charge < -0.3 is 5.32 Å². The van der Waals surface area contributed by atoms with Gasteiger partial charge >= 0.3 is 0 Å². The molecule has 1 heterocycles. The van der Waals surface area contributed by atoms with Crippen LogP contribution in [0.2, 0.25) is 0 Å². The summed E-state index contributed by atoms with van der Waals surface area (Å²) in [7, 11) is 0. The van der Waals surface area contributed by atoms with Crippen molar-refractivity contribution in [2.45, 2.75) is 72.4 Å². The number of carbonyl (C=O) groups is 2. The number of aromatic nitrogens is 2. The maximum absolute atomic E-state index is 13.2. The molecular formula is C23H29N3O3. The fourth-order valence-electron chi connectivity index (χ4n) is 4.02. The second kappa shape index (κ2) is 8.72. The molecule has 6 heteroatoms. The Bertz CT molecular complexity index is 1000. The third kappa shape index (κ3) is 3.88. The zero-order valence-corrected chi connectivity index (χ0v) is 17.7. The third-order valence-corrected chi connectivity index (χ3v) is 5.79. The second-order valence-electron chi connectivity index (χ2n) is 7.59. The van der Waals surface area contributed by atoms with Crippen molar-refractivity contribution in [3.05, 3.63) is 44.9 Å². The fraction of sp³-hybridized carbons (Fsp3) is 0.478. The first-order chi connectivity index (χ1) is 13.9. The summed E-state index contributed by atoms with van der Waals surface area (Å²) in [5.41, 5.74) is 3.56. The topological polar surface area (TPSA) is 81.1 Å². The zero-order valence-electron chi connectivity index (χ0n) is 17.7. The Balaban J connectivity index is 2.20. The maximum Gasteiger partial charge on any atom is 0.277 e. The molecule has 1 aromatic heterocycles. The number of aldehydes is 1. The minimum absolute atomic E-state index is 0.0719. The highest BCUT2D eigenvalue weighted by atomic mass is 16.1. The van der Waals surface area contributed by atoms with E-state index in [1.807, 2.05) is 19.9 Å². The molecule has 1 aliphatic rings. The van der Waals surface area contributed by atoms with Crippen LogP contribution in [-0.2, 0) is 13.0 Å². The van der Waals surface area contributed by atoms with Gasteiger partial charge in [-0.25, -0.2) is 4.98 Å². The Labute approximate surface area is 171 Å². The van der Waals surface area contributed by atoms with Crippen molar-refractivity contribution in [2.75, 3.05) is 5.32 Å². The molecule has 0 aliphatic heterocycles. The second-order valence-corrected chi connectivity index (χ2v) is 7.59. The monoisotopic (exact) mass is 395 g/mol. The largest absolute Gasteiger partial charge is 0.376 e. The lowest BCUT2D eigenvalue weighted by Gasteiger charge is -2.22. The van der Waals surface area contributed by atoms with Gasteiger partial charge in [0, 0.05) is 35.7 Å². The zero-order chi connectivity index (χ0) is 21.1. The Morgan fingerprint density at radius 3 is 2.48 bits per heavy atom. The van der Waals surface area contributed by atoms with Crippen LogP contribution >= 0.6 is 0 Å². The predicted molar refractivity (Wildman–Crippen MR) is 115 cm³/mol. The molecule has 29 heavy (non-hydrogen) atoms. The smallest absolute Gasteiger partial charge is 0.277 e. The predicted octanol–water partition coefficient (Wildman–Crippen LogP) is 4.17. The highest BCUT2D eigenvalue weighted by Gasteiger charge is 2.23. The average molecular weight is 396 g/mol. The number of ketones is 1. The van der Waals surface area contributed by atoms with Crippen LogP contribution in [0.3, 0.4) is 0 Å². The lowest BCUT2D eigenvalue weighted by molar-refractivity contribution is 0.0972. The summed E-state index contributed by atoms with van der Waals surface area (Å²) in [6.45, 7) is 8.32. The number of hydrogen-bond acceptors (Lipinski definition) is 5. The van der Waals surface area contributed by atoms with Crippen molar-refractivity contribution in [3.8, 4) is 11.4 Å². The van der Waals surface area contributed by atoms with Crippen LogP contribution in [0.4, 0.5) is 5.69 Å².